The molecule has 0 aliphatic heterocycles. The number of benzene rings is 1. The highest BCUT2D eigenvalue weighted by Gasteiger charge is 2.30. The third kappa shape index (κ3) is 3.34. The molecule has 7 heteroatoms. The second-order valence-corrected chi connectivity index (χ2v) is 6.72. The average Bonchev–Trinajstić information content (AvgIpc) is 3.20. The highest BCUT2D eigenvalue weighted by molar-refractivity contribution is 8.00. The van der Waals surface area contributed by atoms with E-state index in [9.17, 15) is 9.18 Å². The largest absolute Gasteiger partial charge is 0.300 e. The van der Waals surface area contributed by atoms with Crippen molar-refractivity contribution in [3.05, 3.63) is 35.6 Å². The SMILES string of the molecule is O=C(Nc1nnc(SCc2ccccc2F)s1)C1CC1. The molecule has 1 aliphatic carbocycles. The first-order valence-electron chi connectivity index (χ1n) is 6.23. The minimum Gasteiger partial charge on any atom is -0.300 e. The van der Waals surface area contributed by atoms with Crippen LogP contribution >= 0.6 is 23.1 Å². The fourth-order valence-corrected chi connectivity index (χ4v) is 3.37. The number of anilines is 1. The molecular weight excluding hydrogens is 297 g/mol. The summed E-state index contributed by atoms with van der Waals surface area (Å²) in [5.74, 6) is 0.449. The molecule has 0 saturated heterocycles. The fraction of sp³-hybridized carbons (Fsp3) is 0.308. The summed E-state index contributed by atoms with van der Waals surface area (Å²) in [4.78, 5) is 11.6. The first-order valence-corrected chi connectivity index (χ1v) is 8.03. The molecule has 1 aliphatic rings. The average molecular weight is 309 g/mol. The van der Waals surface area contributed by atoms with Crippen molar-refractivity contribution in [3.63, 3.8) is 0 Å². The Hall–Kier alpha value is -1.47. The maximum absolute atomic E-state index is 13.5. The van der Waals surface area contributed by atoms with E-state index in [0.717, 1.165) is 17.2 Å². The van der Waals surface area contributed by atoms with Gasteiger partial charge in [0, 0.05) is 11.7 Å². The van der Waals surface area contributed by atoms with Crippen LogP contribution in [0.1, 0.15) is 18.4 Å². The number of aromatic nitrogens is 2. The van der Waals surface area contributed by atoms with Crippen molar-refractivity contribution in [2.24, 2.45) is 5.92 Å². The summed E-state index contributed by atoms with van der Waals surface area (Å²) in [6.07, 6.45) is 1.92. The van der Waals surface area contributed by atoms with Crippen LogP contribution in [0.4, 0.5) is 9.52 Å². The van der Waals surface area contributed by atoms with E-state index in [1.165, 1.54) is 29.2 Å². The molecule has 1 aromatic heterocycles. The first-order chi connectivity index (χ1) is 9.72. The van der Waals surface area contributed by atoms with Crippen LogP contribution in [0.5, 0.6) is 0 Å². The number of halogens is 1. The summed E-state index contributed by atoms with van der Waals surface area (Å²) in [5.41, 5.74) is 0.635. The van der Waals surface area contributed by atoms with E-state index in [4.69, 9.17) is 0 Å². The third-order valence-electron chi connectivity index (χ3n) is 2.89. The number of carbonyl (C=O) groups is 1. The van der Waals surface area contributed by atoms with Gasteiger partial charge in [0.2, 0.25) is 11.0 Å². The maximum Gasteiger partial charge on any atom is 0.229 e. The van der Waals surface area contributed by atoms with Gasteiger partial charge < -0.3 is 5.32 Å². The van der Waals surface area contributed by atoms with Gasteiger partial charge >= 0.3 is 0 Å². The highest BCUT2D eigenvalue weighted by Crippen LogP contribution is 2.32. The summed E-state index contributed by atoms with van der Waals surface area (Å²) in [6, 6.07) is 6.66. The molecule has 2 aromatic rings. The predicted molar refractivity (Wildman–Crippen MR) is 77.2 cm³/mol. The van der Waals surface area contributed by atoms with Crippen LogP contribution in [0.3, 0.4) is 0 Å². The molecule has 1 N–H and O–H groups in total. The zero-order chi connectivity index (χ0) is 13.9. The van der Waals surface area contributed by atoms with Crippen LogP contribution in [0.25, 0.3) is 0 Å². The zero-order valence-electron chi connectivity index (χ0n) is 10.5. The Morgan fingerprint density at radius 1 is 1.40 bits per heavy atom. The van der Waals surface area contributed by atoms with Gasteiger partial charge in [0.25, 0.3) is 0 Å². The second kappa shape index (κ2) is 5.88. The van der Waals surface area contributed by atoms with Crippen molar-refractivity contribution < 1.29 is 9.18 Å². The standard InChI is InChI=1S/C13H12FN3OS2/c14-10-4-2-1-3-9(10)7-19-13-17-16-12(20-13)15-11(18)8-5-6-8/h1-4,8H,5-7H2,(H,15,16,18). The molecule has 0 atom stereocenters. The minimum atomic E-state index is -0.216. The number of nitrogens with one attached hydrogen (secondary N) is 1. The van der Waals surface area contributed by atoms with E-state index in [0.29, 0.717) is 16.4 Å². The van der Waals surface area contributed by atoms with Gasteiger partial charge in [-0.2, -0.15) is 0 Å². The Kier molecular flexibility index (Phi) is 3.98. The Morgan fingerprint density at radius 3 is 2.95 bits per heavy atom. The maximum atomic E-state index is 13.5. The van der Waals surface area contributed by atoms with Crippen molar-refractivity contribution in [1.29, 1.82) is 0 Å². The molecule has 0 bridgehead atoms. The number of nitrogens with zero attached hydrogens (tertiary/aromatic N) is 2. The van der Waals surface area contributed by atoms with Gasteiger partial charge in [0.05, 0.1) is 0 Å². The van der Waals surface area contributed by atoms with E-state index >= 15 is 0 Å². The van der Waals surface area contributed by atoms with Crippen molar-refractivity contribution >= 4 is 34.1 Å². The van der Waals surface area contributed by atoms with Gasteiger partial charge in [-0.3, -0.25) is 4.79 Å². The lowest BCUT2D eigenvalue weighted by molar-refractivity contribution is -0.117. The van der Waals surface area contributed by atoms with Gasteiger partial charge in [-0.25, -0.2) is 4.39 Å². The van der Waals surface area contributed by atoms with Gasteiger partial charge in [-0.1, -0.05) is 41.3 Å². The zero-order valence-corrected chi connectivity index (χ0v) is 12.1. The van der Waals surface area contributed by atoms with Crippen molar-refractivity contribution in [2.45, 2.75) is 22.9 Å². The van der Waals surface area contributed by atoms with E-state index in [2.05, 4.69) is 15.5 Å². The van der Waals surface area contributed by atoms with E-state index in [1.807, 2.05) is 0 Å². The molecule has 0 radical (unpaired) electrons. The third-order valence-corrected chi connectivity index (χ3v) is 4.91. The summed E-state index contributed by atoms with van der Waals surface area (Å²) < 4.78 is 14.2. The summed E-state index contributed by atoms with van der Waals surface area (Å²) >= 11 is 2.73. The molecule has 1 heterocycles. The monoisotopic (exact) mass is 309 g/mol. The molecule has 0 spiro atoms. The lowest BCUT2D eigenvalue weighted by Gasteiger charge is -1.99. The molecular formula is C13H12FN3OS2. The molecule has 1 fully saturated rings. The number of hydrogen-bond acceptors (Lipinski definition) is 5. The van der Waals surface area contributed by atoms with Gasteiger partial charge in [-0.05, 0) is 24.5 Å². The Labute approximate surface area is 123 Å². The number of carbonyl (C=O) groups excluding carboxylic acids is 1. The number of hydrogen-bond donors (Lipinski definition) is 1. The van der Waals surface area contributed by atoms with E-state index < -0.39 is 0 Å². The smallest absolute Gasteiger partial charge is 0.229 e. The summed E-state index contributed by atoms with van der Waals surface area (Å²) in [6.45, 7) is 0. The highest BCUT2D eigenvalue weighted by atomic mass is 32.2. The molecule has 104 valence electrons. The quantitative estimate of drug-likeness (QED) is 0.680. The lowest BCUT2D eigenvalue weighted by atomic mass is 10.2. The molecule has 1 saturated carbocycles. The first kappa shape index (κ1) is 13.5. The van der Waals surface area contributed by atoms with Crippen LogP contribution < -0.4 is 5.32 Å². The Balaban J connectivity index is 1.57. The predicted octanol–water partition coefficient (Wildman–Crippen LogP) is 3.32. The second-order valence-electron chi connectivity index (χ2n) is 4.52. The van der Waals surface area contributed by atoms with Crippen LogP contribution in [-0.4, -0.2) is 16.1 Å². The van der Waals surface area contributed by atoms with Gasteiger partial charge in [0.1, 0.15) is 5.82 Å². The number of thioether (sulfide) groups is 1. The van der Waals surface area contributed by atoms with E-state index in [-0.39, 0.29) is 17.6 Å². The minimum absolute atomic E-state index is 0.0202. The summed E-state index contributed by atoms with van der Waals surface area (Å²) in [5, 5.41) is 11.2. The van der Waals surface area contributed by atoms with Crippen LogP contribution in [0, 0.1) is 11.7 Å². The molecule has 0 unspecified atom stereocenters. The number of rotatable bonds is 5. The van der Waals surface area contributed by atoms with Crippen molar-refractivity contribution in [2.75, 3.05) is 5.32 Å². The number of amides is 1. The Morgan fingerprint density at radius 2 is 2.20 bits per heavy atom. The molecule has 1 aromatic carbocycles. The van der Waals surface area contributed by atoms with Gasteiger partial charge in [0.15, 0.2) is 4.34 Å². The lowest BCUT2D eigenvalue weighted by Crippen LogP contribution is -2.12. The molecule has 1 amide bonds. The van der Waals surface area contributed by atoms with Crippen molar-refractivity contribution in [3.8, 4) is 0 Å². The van der Waals surface area contributed by atoms with Gasteiger partial charge in [-0.15, -0.1) is 10.2 Å². The Bertz CT molecular complexity index is 628. The summed E-state index contributed by atoms with van der Waals surface area (Å²) in [7, 11) is 0. The van der Waals surface area contributed by atoms with E-state index in [1.54, 1.807) is 18.2 Å². The van der Waals surface area contributed by atoms with Crippen molar-refractivity contribution in [1.82, 2.24) is 10.2 Å². The fourth-order valence-electron chi connectivity index (χ4n) is 1.63. The van der Waals surface area contributed by atoms with Crippen LogP contribution in [0.15, 0.2) is 28.6 Å². The molecule has 3 rings (SSSR count). The topological polar surface area (TPSA) is 54.9 Å². The molecule has 4 nitrogen and oxygen atoms in total. The normalized spacial score (nSPS) is 14.2. The van der Waals surface area contributed by atoms with Crippen LogP contribution in [0.2, 0.25) is 0 Å². The molecule has 20 heavy (non-hydrogen) atoms. The van der Waals surface area contributed by atoms with Crippen LogP contribution in [-0.2, 0) is 10.5 Å².